The van der Waals surface area contributed by atoms with E-state index in [9.17, 15) is 0 Å². The maximum absolute atomic E-state index is 6.01. The van der Waals surface area contributed by atoms with Crippen LogP contribution in [-0.4, -0.2) is 10.9 Å². The lowest BCUT2D eigenvalue weighted by atomic mass is 10.1. The molecule has 0 atom stereocenters. The third kappa shape index (κ3) is 2.29. The van der Waals surface area contributed by atoms with Crippen LogP contribution in [0.3, 0.4) is 0 Å². The molecule has 0 saturated carbocycles. The van der Waals surface area contributed by atoms with Crippen molar-refractivity contribution >= 4 is 34.0 Å². The smallest absolute Gasteiger partial charge is 0.136 e. The number of nitrogens with zero attached hydrogens (tertiary/aromatic N) is 1. The second kappa shape index (κ2) is 5.21. The fraction of sp³-hybridized carbons (Fsp3) is 0.154. The second-order valence-electron chi connectivity index (χ2n) is 3.25. The Morgan fingerprint density at radius 3 is 2.69 bits per heavy atom. The SMILES string of the molecule is ClCCC#Cc1cnc(Cl)c2ccccc12. The first-order valence-corrected chi connectivity index (χ1v) is 5.82. The molecule has 16 heavy (non-hydrogen) atoms. The van der Waals surface area contributed by atoms with E-state index in [4.69, 9.17) is 23.2 Å². The highest BCUT2D eigenvalue weighted by molar-refractivity contribution is 6.34. The van der Waals surface area contributed by atoms with Crippen LogP contribution >= 0.6 is 23.2 Å². The van der Waals surface area contributed by atoms with Crippen LogP contribution in [-0.2, 0) is 0 Å². The van der Waals surface area contributed by atoms with Gasteiger partial charge in [0.15, 0.2) is 0 Å². The minimum Gasteiger partial charge on any atom is -0.243 e. The van der Waals surface area contributed by atoms with Gasteiger partial charge in [0, 0.05) is 29.3 Å². The normalized spacial score (nSPS) is 9.88. The molecule has 0 aliphatic carbocycles. The first-order valence-electron chi connectivity index (χ1n) is 4.91. The van der Waals surface area contributed by atoms with Crippen molar-refractivity contribution in [2.45, 2.75) is 6.42 Å². The van der Waals surface area contributed by atoms with Crippen molar-refractivity contribution in [2.24, 2.45) is 0 Å². The molecular formula is C13H9Cl2N. The maximum Gasteiger partial charge on any atom is 0.136 e. The molecule has 1 heterocycles. The van der Waals surface area contributed by atoms with E-state index in [1.807, 2.05) is 24.3 Å². The van der Waals surface area contributed by atoms with Crippen molar-refractivity contribution in [3.8, 4) is 11.8 Å². The Morgan fingerprint density at radius 2 is 1.94 bits per heavy atom. The molecule has 0 fully saturated rings. The summed E-state index contributed by atoms with van der Waals surface area (Å²) < 4.78 is 0. The number of hydrogen-bond acceptors (Lipinski definition) is 1. The quantitative estimate of drug-likeness (QED) is 0.425. The van der Waals surface area contributed by atoms with Gasteiger partial charge in [-0.3, -0.25) is 0 Å². The number of aromatic nitrogens is 1. The zero-order chi connectivity index (χ0) is 11.4. The third-order valence-corrected chi connectivity index (χ3v) is 2.68. The minimum atomic E-state index is 0.512. The summed E-state index contributed by atoms with van der Waals surface area (Å²) in [4.78, 5) is 4.12. The molecule has 0 N–H and O–H groups in total. The van der Waals surface area contributed by atoms with Gasteiger partial charge in [0.2, 0.25) is 0 Å². The molecule has 1 aromatic heterocycles. The van der Waals surface area contributed by atoms with Crippen molar-refractivity contribution in [1.82, 2.24) is 4.98 Å². The van der Waals surface area contributed by atoms with Crippen LogP contribution in [0.25, 0.3) is 10.8 Å². The summed E-state index contributed by atoms with van der Waals surface area (Å²) in [5, 5.41) is 2.48. The summed E-state index contributed by atoms with van der Waals surface area (Å²) in [5.41, 5.74) is 0.894. The van der Waals surface area contributed by atoms with Crippen LogP contribution in [0.4, 0.5) is 0 Å². The first-order chi connectivity index (χ1) is 7.83. The minimum absolute atomic E-state index is 0.512. The van der Waals surface area contributed by atoms with Gasteiger partial charge in [-0.1, -0.05) is 47.7 Å². The zero-order valence-electron chi connectivity index (χ0n) is 8.50. The lowest BCUT2D eigenvalue weighted by Gasteiger charge is -2.01. The van der Waals surface area contributed by atoms with Gasteiger partial charge in [-0.2, -0.15) is 0 Å². The molecule has 3 heteroatoms. The average Bonchev–Trinajstić information content (AvgIpc) is 2.33. The summed E-state index contributed by atoms with van der Waals surface area (Å²) in [5.74, 6) is 6.61. The van der Waals surface area contributed by atoms with E-state index in [-0.39, 0.29) is 0 Å². The number of hydrogen-bond donors (Lipinski definition) is 0. The van der Waals surface area contributed by atoms with E-state index in [0.29, 0.717) is 17.5 Å². The Balaban J connectivity index is 2.56. The van der Waals surface area contributed by atoms with E-state index >= 15 is 0 Å². The largest absolute Gasteiger partial charge is 0.243 e. The zero-order valence-corrected chi connectivity index (χ0v) is 10.0. The molecule has 0 saturated heterocycles. The number of alkyl halides is 1. The van der Waals surface area contributed by atoms with Crippen LogP contribution in [0.1, 0.15) is 12.0 Å². The summed E-state index contributed by atoms with van der Waals surface area (Å²) in [7, 11) is 0. The Hall–Kier alpha value is -1.23. The van der Waals surface area contributed by atoms with E-state index in [0.717, 1.165) is 16.3 Å². The second-order valence-corrected chi connectivity index (χ2v) is 3.99. The molecule has 2 rings (SSSR count). The molecule has 0 amide bonds. The lowest BCUT2D eigenvalue weighted by Crippen LogP contribution is -1.84. The van der Waals surface area contributed by atoms with E-state index in [1.54, 1.807) is 6.20 Å². The van der Waals surface area contributed by atoms with Crippen LogP contribution < -0.4 is 0 Å². The predicted molar refractivity (Wildman–Crippen MR) is 69.0 cm³/mol. The van der Waals surface area contributed by atoms with E-state index < -0.39 is 0 Å². The summed E-state index contributed by atoms with van der Waals surface area (Å²) >= 11 is 11.6. The van der Waals surface area contributed by atoms with Crippen LogP contribution in [0, 0.1) is 11.8 Å². The molecule has 1 aromatic carbocycles. The molecular weight excluding hydrogens is 241 g/mol. The van der Waals surface area contributed by atoms with Crippen LogP contribution in [0.5, 0.6) is 0 Å². The van der Waals surface area contributed by atoms with Crippen LogP contribution in [0.2, 0.25) is 5.15 Å². The van der Waals surface area contributed by atoms with Gasteiger partial charge < -0.3 is 0 Å². The number of pyridine rings is 1. The Labute approximate surface area is 104 Å². The Bertz CT molecular complexity index is 567. The van der Waals surface area contributed by atoms with Gasteiger partial charge in [-0.25, -0.2) is 4.98 Å². The predicted octanol–water partition coefficient (Wildman–Crippen LogP) is 3.87. The maximum atomic E-state index is 6.01. The van der Waals surface area contributed by atoms with Crippen molar-refractivity contribution in [2.75, 3.05) is 5.88 Å². The fourth-order valence-electron chi connectivity index (χ4n) is 1.46. The number of rotatable bonds is 1. The molecule has 0 aliphatic rings. The number of halogens is 2. The van der Waals surface area contributed by atoms with Gasteiger partial charge >= 0.3 is 0 Å². The number of benzene rings is 1. The molecule has 0 radical (unpaired) electrons. The number of fused-ring (bicyclic) bond motifs is 1. The Kier molecular flexibility index (Phi) is 3.66. The highest BCUT2D eigenvalue weighted by Gasteiger charge is 2.02. The van der Waals surface area contributed by atoms with Gasteiger partial charge in [0.25, 0.3) is 0 Å². The molecule has 80 valence electrons. The highest BCUT2D eigenvalue weighted by atomic mass is 35.5. The molecule has 0 aliphatic heterocycles. The van der Waals surface area contributed by atoms with Crippen molar-refractivity contribution in [3.05, 3.63) is 41.2 Å². The molecule has 1 nitrogen and oxygen atoms in total. The molecule has 2 aromatic rings. The van der Waals surface area contributed by atoms with Crippen molar-refractivity contribution in [3.63, 3.8) is 0 Å². The van der Waals surface area contributed by atoms with Gasteiger partial charge in [-0.15, -0.1) is 11.6 Å². The van der Waals surface area contributed by atoms with Gasteiger partial charge in [-0.05, 0) is 0 Å². The molecule has 0 unspecified atom stereocenters. The lowest BCUT2D eigenvalue weighted by molar-refractivity contribution is 1.29. The molecule has 0 spiro atoms. The summed E-state index contributed by atoms with van der Waals surface area (Å²) in [6.45, 7) is 0. The van der Waals surface area contributed by atoms with E-state index in [2.05, 4.69) is 16.8 Å². The first kappa shape index (κ1) is 11.3. The standard InChI is InChI=1S/C13H9Cl2N/c14-8-4-3-5-10-9-16-13(15)12-7-2-1-6-11(10)12/h1-2,6-7,9H,4,8H2. The summed E-state index contributed by atoms with van der Waals surface area (Å²) in [6.07, 6.45) is 2.38. The average molecular weight is 250 g/mol. The van der Waals surface area contributed by atoms with Gasteiger partial charge in [0.1, 0.15) is 5.15 Å². The van der Waals surface area contributed by atoms with Gasteiger partial charge in [0.05, 0.1) is 5.56 Å². The van der Waals surface area contributed by atoms with E-state index in [1.165, 1.54) is 0 Å². The molecule has 0 bridgehead atoms. The Morgan fingerprint density at radius 1 is 1.19 bits per heavy atom. The third-order valence-electron chi connectivity index (χ3n) is 2.19. The topological polar surface area (TPSA) is 12.9 Å². The van der Waals surface area contributed by atoms with Crippen LogP contribution in [0.15, 0.2) is 30.5 Å². The van der Waals surface area contributed by atoms with Crippen molar-refractivity contribution in [1.29, 1.82) is 0 Å². The summed E-state index contributed by atoms with van der Waals surface area (Å²) in [6, 6.07) is 7.84. The fourth-order valence-corrected chi connectivity index (χ4v) is 1.77. The monoisotopic (exact) mass is 249 g/mol. The highest BCUT2D eigenvalue weighted by Crippen LogP contribution is 2.23. The van der Waals surface area contributed by atoms with Crippen molar-refractivity contribution < 1.29 is 0 Å².